The van der Waals surface area contributed by atoms with Crippen molar-refractivity contribution in [1.29, 1.82) is 0 Å². The molecule has 0 aliphatic carbocycles. The second-order valence-corrected chi connectivity index (χ2v) is 9.87. The first-order valence-corrected chi connectivity index (χ1v) is 10.9. The molecule has 8 heteroatoms. The van der Waals surface area contributed by atoms with E-state index >= 15 is 0 Å². The minimum Gasteiger partial charge on any atom is -0.459 e. The molecule has 1 amide bonds. The maximum absolute atomic E-state index is 12.6. The summed E-state index contributed by atoms with van der Waals surface area (Å²) >= 11 is 1.42. The first-order valence-electron chi connectivity index (χ1n) is 10.1. The number of carbonyl (C=O) groups is 4. The molecule has 0 aromatic carbocycles. The van der Waals surface area contributed by atoms with E-state index in [0.717, 1.165) is 4.88 Å². The van der Waals surface area contributed by atoms with Crippen LogP contribution in [0.2, 0.25) is 0 Å². The number of likely N-dealkylation sites (N-methyl/N-ethyl adjacent to an activating group) is 1. The lowest BCUT2D eigenvalue weighted by Gasteiger charge is -2.26. The highest BCUT2D eigenvalue weighted by Crippen LogP contribution is 2.18. The molecule has 0 radical (unpaired) electrons. The van der Waals surface area contributed by atoms with E-state index in [9.17, 15) is 19.2 Å². The number of carbonyl (C=O) groups excluding carboxylic acids is 4. The fourth-order valence-electron chi connectivity index (χ4n) is 2.63. The Morgan fingerprint density at radius 2 is 1.60 bits per heavy atom. The van der Waals surface area contributed by atoms with Crippen molar-refractivity contribution in [2.75, 3.05) is 33.7 Å². The van der Waals surface area contributed by atoms with Gasteiger partial charge in [-0.05, 0) is 53.9 Å². The SMILES string of the molecule is Cc1ccc(C(=O)CCC(=O)CCC(=O)N(CCN(C)C)CC(=O)OC(C)(C)C)s1. The fraction of sp³-hybridized carbons (Fsp3) is 0.636. The summed E-state index contributed by atoms with van der Waals surface area (Å²) < 4.78 is 5.31. The first kappa shape index (κ1) is 26.0. The van der Waals surface area contributed by atoms with Gasteiger partial charge in [-0.1, -0.05) is 0 Å². The van der Waals surface area contributed by atoms with Crippen LogP contribution in [0, 0.1) is 6.92 Å². The Morgan fingerprint density at radius 1 is 0.967 bits per heavy atom. The van der Waals surface area contributed by atoms with Crippen LogP contribution in [0.25, 0.3) is 0 Å². The monoisotopic (exact) mass is 438 g/mol. The van der Waals surface area contributed by atoms with E-state index < -0.39 is 11.6 Å². The quantitative estimate of drug-likeness (QED) is 0.368. The molecule has 1 aromatic rings. The van der Waals surface area contributed by atoms with Crippen molar-refractivity contribution in [2.45, 2.75) is 59.0 Å². The molecule has 30 heavy (non-hydrogen) atoms. The molecule has 1 aromatic heterocycles. The third kappa shape index (κ3) is 10.6. The molecule has 0 bridgehead atoms. The normalized spacial score (nSPS) is 11.4. The van der Waals surface area contributed by atoms with Crippen LogP contribution in [0.5, 0.6) is 0 Å². The predicted octanol–water partition coefficient (Wildman–Crippen LogP) is 3.10. The van der Waals surface area contributed by atoms with Crippen molar-refractivity contribution >= 4 is 34.8 Å². The third-order valence-corrected chi connectivity index (χ3v) is 5.22. The summed E-state index contributed by atoms with van der Waals surface area (Å²) in [6.45, 7) is 8.07. The van der Waals surface area contributed by atoms with Crippen molar-refractivity contribution in [3.05, 3.63) is 21.9 Å². The van der Waals surface area contributed by atoms with Crippen LogP contribution >= 0.6 is 11.3 Å². The van der Waals surface area contributed by atoms with Crippen LogP contribution < -0.4 is 0 Å². The first-order chi connectivity index (χ1) is 13.9. The molecule has 168 valence electrons. The summed E-state index contributed by atoms with van der Waals surface area (Å²) in [6, 6.07) is 3.65. The number of ketones is 2. The molecule has 0 atom stereocenters. The van der Waals surface area contributed by atoms with E-state index in [0.29, 0.717) is 18.0 Å². The maximum atomic E-state index is 12.6. The molecule has 0 aliphatic rings. The number of hydrogen-bond acceptors (Lipinski definition) is 7. The van der Waals surface area contributed by atoms with Gasteiger partial charge in [-0.25, -0.2) is 0 Å². The zero-order valence-electron chi connectivity index (χ0n) is 18.9. The Kier molecular flexibility index (Phi) is 10.4. The molecule has 0 saturated heterocycles. The van der Waals surface area contributed by atoms with Gasteiger partial charge in [0.25, 0.3) is 0 Å². The van der Waals surface area contributed by atoms with Crippen molar-refractivity contribution in [3.8, 4) is 0 Å². The van der Waals surface area contributed by atoms with Crippen molar-refractivity contribution in [1.82, 2.24) is 9.80 Å². The third-order valence-electron chi connectivity index (χ3n) is 4.17. The molecule has 0 spiro atoms. The van der Waals surface area contributed by atoms with Gasteiger partial charge < -0.3 is 14.5 Å². The number of rotatable bonds is 12. The lowest BCUT2D eigenvalue weighted by molar-refractivity contribution is -0.159. The van der Waals surface area contributed by atoms with Crippen LogP contribution in [0.15, 0.2) is 12.1 Å². The number of thiophene rings is 1. The van der Waals surface area contributed by atoms with Gasteiger partial charge in [0.1, 0.15) is 17.9 Å². The van der Waals surface area contributed by atoms with Crippen LogP contribution in [0.3, 0.4) is 0 Å². The second kappa shape index (κ2) is 12.0. The average molecular weight is 439 g/mol. The zero-order chi connectivity index (χ0) is 22.9. The van der Waals surface area contributed by atoms with Crippen LogP contribution in [-0.2, 0) is 19.1 Å². The van der Waals surface area contributed by atoms with E-state index in [1.165, 1.54) is 16.2 Å². The predicted molar refractivity (Wildman–Crippen MR) is 118 cm³/mol. The molecule has 1 heterocycles. The van der Waals surface area contributed by atoms with Gasteiger partial charge in [-0.3, -0.25) is 19.2 Å². The van der Waals surface area contributed by atoms with Crippen LogP contribution in [-0.4, -0.2) is 72.6 Å². The van der Waals surface area contributed by atoms with Gasteiger partial charge in [0.05, 0.1) is 4.88 Å². The van der Waals surface area contributed by atoms with E-state index in [1.807, 2.05) is 32.0 Å². The summed E-state index contributed by atoms with van der Waals surface area (Å²) in [7, 11) is 3.76. The highest BCUT2D eigenvalue weighted by molar-refractivity contribution is 7.14. The number of aryl methyl sites for hydroxylation is 1. The summed E-state index contributed by atoms with van der Waals surface area (Å²) in [6.07, 6.45) is 0.339. The highest BCUT2D eigenvalue weighted by Gasteiger charge is 2.23. The van der Waals surface area contributed by atoms with Gasteiger partial charge >= 0.3 is 5.97 Å². The summed E-state index contributed by atoms with van der Waals surface area (Å²) in [5.74, 6) is -0.922. The highest BCUT2D eigenvalue weighted by atomic mass is 32.1. The molecule has 7 nitrogen and oxygen atoms in total. The standard InChI is InChI=1S/C22H34N2O5S/c1-16-7-11-19(30-16)18(26)10-8-17(25)9-12-20(27)24(14-13-23(5)6)15-21(28)29-22(2,3)4/h7,11H,8-10,12-15H2,1-6H3. The van der Waals surface area contributed by atoms with Gasteiger partial charge in [-0.15, -0.1) is 11.3 Å². The van der Waals surface area contributed by atoms with Crippen LogP contribution in [0.4, 0.5) is 0 Å². The van der Waals surface area contributed by atoms with Crippen molar-refractivity contribution in [2.24, 2.45) is 0 Å². The Morgan fingerprint density at radius 3 is 2.13 bits per heavy atom. The summed E-state index contributed by atoms with van der Waals surface area (Å²) in [4.78, 5) is 54.1. The van der Waals surface area contributed by atoms with Gasteiger partial charge in [0.15, 0.2) is 5.78 Å². The van der Waals surface area contributed by atoms with Gasteiger partial charge in [-0.2, -0.15) is 0 Å². The number of nitrogens with zero attached hydrogens (tertiary/aromatic N) is 2. The molecule has 0 saturated carbocycles. The molecule has 0 N–H and O–H groups in total. The lowest BCUT2D eigenvalue weighted by Crippen LogP contribution is -2.42. The van der Waals surface area contributed by atoms with E-state index in [1.54, 1.807) is 26.8 Å². The molecule has 1 rings (SSSR count). The average Bonchev–Trinajstić information content (AvgIpc) is 3.05. The number of esters is 1. The largest absolute Gasteiger partial charge is 0.459 e. The van der Waals surface area contributed by atoms with Crippen molar-refractivity contribution in [3.63, 3.8) is 0 Å². The fourth-order valence-corrected chi connectivity index (χ4v) is 3.47. The van der Waals surface area contributed by atoms with Gasteiger partial charge in [0.2, 0.25) is 5.91 Å². The number of amides is 1. The van der Waals surface area contributed by atoms with E-state index in [4.69, 9.17) is 4.74 Å². The Hall–Kier alpha value is -2.06. The Balaban J connectivity index is 2.52. The number of hydrogen-bond donors (Lipinski definition) is 0. The molecular weight excluding hydrogens is 404 g/mol. The smallest absolute Gasteiger partial charge is 0.326 e. The summed E-state index contributed by atoms with van der Waals surface area (Å²) in [5, 5.41) is 0. The van der Waals surface area contributed by atoms with Crippen LogP contribution in [0.1, 0.15) is 61.0 Å². The topological polar surface area (TPSA) is 84.0 Å². The van der Waals surface area contributed by atoms with Crippen molar-refractivity contribution < 1.29 is 23.9 Å². The van der Waals surface area contributed by atoms with E-state index in [-0.39, 0.29) is 49.7 Å². The van der Waals surface area contributed by atoms with E-state index in [2.05, 4.69) is 0 Å². The Labute approximate surface area is 183 Å². The summed E-state index contributed by atoms with van der Waals surface area (Å²) in [5.41, 5.74) is -0.628. The number of ether oxygens (including phenoxy) is 1. The minimum absolute atomic E-state index is 0.0152. The Bertz CT molecular complexity index is 749. The minimum atomic E-state index is -0.628. The number of Topliss-reactive ketones (excluding diaryl/α,β-unsaturated/α-hetero) is 2. The molecule has 0 unspecified atom stereocenters. The van der Waals surface area contributed by atoms with Gasteiger partial charge in [0, 0.05) is 43.6 Å². The lowest BCUT2D eigenvalue weighted by atomic mass is 10.1. The maximum Gasteiger partial charge on any atom is 0.326 e. The second-order valence-electron chi connectivity index (χ2n) is 8.58. The molecule has 0 fully saturated rings. The molecule has 0 aliphatic heterocycles. The zero-order valence-corrected chi connectivity index (χ0v) is 19.8. The molecular formula is C22H34N2O5S.